The van der Waals surface area contributed by atoms with Crippen LogP contribution in [0.1, 0.15) is 54.6 Å². The molecule has 3 heterocycles. The lowest BCUT2D eigenvalue weighted by atomic mass is 10.0. The summed E-state index contributed by atoms with van der Waals surface area (Å²) >= 11 is 6.14. The first-order chi connectivity index (χ1) is 15.8. The number of amides is 2. The molecule has 0 aliphatic carbocycles. The Labute approximate surface area is 192 Å². The molecule has 1 fully saturated rings. The van der Waals surface area contributed by atoms with Crippen LogP contribution in [-0.4, -0.2) is 39.0 Å². The molecule has 1 saturated heterocycles. The van der Waals surface area contributed by atoms with Crippen molar-refractivity contribution in [3.63, 3.8) is 0 Å². The molecule has 1 aromatic carbocycles. The van der Waals surface area contributed by atoms with E-state index in [2.05, 4.69) is 15.4 Å². The highest BCUT2D eigenvalue weighted by Crippen LogP contribution is 2.29. The van der Waals surface area contributed by atoms with Gasteiger partial charge in [0.2, 0.25) is 5.91 Å². The van der Waals surface area contributed by atoms with E-state index in [1.165, 1.54) is 35.1 Å². The zero-order valence-electron chi connectivity index (χ0n) is 17.5. The van der Waals surface area contributed by atoms with Crippen molar-refractivity contribution in [3.05, 3.63) is 58.8 Å². The van der Waals surface area contributed by atoms with Gasteiger partial charge in [0, 0.05) is 25.2 Å². The third kappa shape index (κ3) is 5.11. The van der Waals surface area contributed by atoms with Crippen molar-refractivity contribution in [1.82, 2.24) is 19.9 Å². The minimum atomic E-state index is -2.77. The molecule has 1 aliphatic heterocycles. The number of aromatic nitrogens is 3. The van der Waals surface area contributed by atoms with Gasteiger partial charge in [0.05, 0.1) is 16.9 Å². The molecule has 33 heavy (non-hydrogen) atoms. The second kappa shape index (κ2) is 9.78. The van der Waals surface area contributed by atoms with Gasteiger partial charge in [-0.1, -0.05) is 11.6 Å². The van der Waals surface area contributed by atoms with Crippen molar-refractivity contribution in [3.8, 4) is 0 Å². The van der Waals surface area contributed by atoms with Gasteiger partial charge in [-0.2, -0.15) is 5.10 Å². The number of nitrogens with zero attached hydrogens (tertiary/aromatic N) is 4. The van der Waals surface area contributed by atoms with Crippen molar-refractivity contribution in [2.75, 3.05) is 11.4 Å². The molecule has 0 radical (unpaired) electrons. The minimum Gasteiger partial charge on any atom is -0.349 e. The number of halogens is 4. The van der Waals surface area contributed by atoms with Crippen LogP contribution in [0.4, 0.5) is 18.9 Å². The summed E-state index contributed by atoms with van der Waals surface area (Å²) in [6.45, 7) is 0.430. The fourth-order valence-electron chi connectivity index (χ4n) is 3.89. The number of anilines is 1. The van der Waals surface area contributed by atoms with E-state index in [4.69, 9.17) is 11.6 Å². The lowest BCUT2D eigenvalue weighted by molar-refractivity contribution is -0.118. The molecule has 1 atom stereocenters. The van der Waals surface area contributed by atoms with Crippen molar-refractivity contribution in [2.24, 2.45) is 0 Å². The minimum absolute atomic E-state index is 0.0431. The lowest BCUT2D eigenvalue weighted by Gasteiger charge is -2.23. The topological polar surface area (TPSA) is 79.6 Å². The maximum atomic E-state index is 13.4. The van der Waals surface area contributed by atoms with Crippen LogP contribution in [0.2, 0.25) is 5.02 Å². The molecule has 3 aromatic rings. The summed E-state index contributed by atoms with van der Waals surface area (Å²) in [5.41, 5.74) is 0.146. The number of alkyl halides is 2. The van der Waals surface area contributed by atoms with E-state index in [1.807, 2.05) is 0 Å². The molecule has 2 amide bonds. The predicted molar refractivity (Wildman–Crippen MR) is 116 cm³/mol. The van der Waals surface area contributed by atoms with Gasteiger partial charge in [0.25, 0.3) is 12.3 Å². The summed E-state index contributed by atoms with van der Waals surface area (Å²) in [5, 5.41) is 7.05. The number of fused-ring (bicyclic) bond motifs is 1. The van der Waals surface area contributed by atoms with Crippen LogP contribution in [0.25, 0.3) is 5.65 Å². The van der Waals surface area contributed by atoms with Gasteiger partial charge in [-0.15, -0.1) is 0 Å². The largest absolute Gasteiger partial charge is 0.349 e. The van der Waals surface area contributed by atoms with Crippen molar-refractivity contribution in [2.45, 2.75) is 44.6 Å². The molecule has 11 heteroatoms. The van der Waals surface area contributed by atoms with E-state index in [9.17, 15) is 22.8 Å². The smallest absolute Gasteiger partial charge is 0.280 e. The highest BCUT2D eigenvalue weighted by Gasteiger charge is 2.24. The van der Waals surface area contributed by atoms with Gasteiger partial charge in [-0.25, -0.2) is 22.7 Å². The van der Waals surface area contributed by atoms with Gasteiger partial charge < -0.3 is 10.2 Å². The van der Waals surface area contributed by atoms with E-state index in [-0.39, 0.29) is 34.6 Å². The third-order valence-corrected chi connectivity index (χ3v) is 5.89. The number of carbonyl (C=O) groups is 2. The molecule has 0 spiro atoms. The van der Waals surface area contributed by atoms with Crippen LogP contribution < -0.4 is 10.2 Å². The van der Waals surface area contributed by atoms with Crippen LogP contribution in [-0.2, 0) is 4.79 Å². The molecule has 7 nitrogen and oxygen atoms in total. The SMILES string of the molecule is O=C(N[C@@H]1CCCCN(c2ccc(F)cc2Cl)C(=O)CC1)c1cnn2ccc(C(F)F)nc12. The van der Waals surface area contributed by atoms with E-state index in [0.717, 1.165) is 12.5 Å². The predicted octanol–water partition coefficient (Wildman–Crippen LogP) is 4.56. The maximum absolute atomic E-state index is 13.4. The van der Waals surface area contributed by atoms with Crippen LogP contribution in [0.15, 0.2) is 36.7 Å². The number of hydrogen-bond acceptors (Lipinski definition) is 4. The average molecular weight is 480 g/mol. The van der Waals surface area contributed by atoms with E-state index in [0.29, 0.717) is 31.5 Å². The van der Waals surface area contributed by atoms with Crippen molar-refractivity contribution >= 4 is 34.7 Å². The Hall–Kier alpha value is -3.14. The number of benzene rings is 1. The molecule has 174 valence electrons. The zero-order chi connectivity index (χ0) is 23.5. The second-order valence-electron chi connectivity index (χ2n) is 7.83. The van der Waals surface area contributed by atoms with Crippen molar-refractivity contribution in [1.29, 1.82) is 0 Å². The van der Waals surface area contributed by atoms with Gasteiger partial charge in [-0.05, 0) is 49.9 Å². The van der Waals surface area contributed by atoms with Gasteiger partial charge in [0.15, 0.2) is 5.65 Å². The highest BCUT2D eigenvalue weighted by molar-refractivity contribution is 6.33. The monoisotopic (exact) mass is 479 g/mol. The zero-order valence-corrected chi connectivity index (χ0v) is 18.2. The quantitative estimate of drug-likeness (QED) is 0.595. The Morgan fingerprint density at radius 3 is 2.79 bits per heavy atom. The molecule has 0 bridgehead atoms. The average Bonchev–Trinajstić information content (AvgIpc) is 3.23. The Balaban J connectivity index is 1.47. The van der Waals surface area contributed by atoms with Gasteiger partial charge >= 0.3 is 0 Å². The summed E-state index contributed by atoms with van der Waals surface area (Å²) < 4.78 is 40.7. The third-order valence-electron chi connectivity index (χ3n) is 5.59. The van der Waals surface area contributed by atoms with E-state index >= 15 is 0 Å². The van der Waals surface area contributed by atoms with Crippen molar-refractivity contribution < 1.29 is 22.8 Å². The molecule has 0 unspecified atom stereocenters. The maximum Gasteiger partial charge on any atom is 0.280 e. The van der Waals surface area contributed by atoms with Crippen LogP contribution in [0, 0.1) is 5.82 Å². The number of nitrogens with one attached hydrogen (secondary N) is 1. The fraction of sp³-hybridized carbons (Fsp3) is 0.364. The summed E-state index contributed by atoms with van der Waals surface area (Å²) in [6, 6.07) is 4.77. The molecule has 1 aliphatic rings. The molecule has 0 saturated carbocycles. The molecular formula is C22H21ClF3N5O2. The lowest BCUT2D eigenvalue weighted by Crippen LogP contribution is -2.36. The Kier molecular flexibility index (Phi) is 6.83. The number of carbonyl (C=O) groups excluding carboxylic acids is 2. The first-order valence-corrected chi connectivity index (χ1v) is 10.9. The standard InChI is InChI=1S/C22H21ClF3N5O2/c23-16-11-13(24)4-6-18(16)30-9-2-1-3-14(5-7-19(30)32)28-22(33)15-12-27-31-10-8-17(20(25)26)29-21(15)31/h4,6,8,10-12,14,20H,1-3,5,7,9H2,(H,28,33)/t14-/m1/s1. The molecule has 4 rings (SSSR count). The summed E-state index contributed by atoms with van der Waals surface area (Å²) in [4.78, 5) is 31.1. The Morgan fingerprint density at radius 1 is 1.21 bits per heavy atom. The van der Waals surface area contributed by atoms with Gasteiger partial charge in [0.1, 0.15) is 17.1 Å². The summed E-state index contributed by atoms with van der Waals surface area (Å²) in [7, 11) is 0. The van der Waals surface area contributed by atoms with Crippen LogP contribution in [0.5, 0.6) is 0 Å². The summed E-state index contributed by atoms with van der Waals surface area (Å²) in [6.07, 6.45) is 2.42. The van der Waals surface area contributed by atoms with E-state index < -0.39 is 23.8 Å². The van der Waals surface area contributed by atoms with Crippen LogP contribution in [0.3, 0.4) is 0 Å². The second-order valence-corrected chi connectivity index (χ2v) is 8.23. The Bertz CT molecular complexity index is 1190. The Morgan fingerprint density at radius 2 is 2.03 bits per heavy atom. The summed E-state index contributed by atoms with van der Waals surface area (Å²) in [5.74, 6) is -1.14. The van der Waals surface area contributed by atoms with E-state index in [1.54, 1.807) is 4.90 Å². The normalized spacial score (nSPS) is 17.7. The molecule has 2 aromatic heterocycles. The molecule has 1 N–H and O–H groups in total. The fourth-order valence-corrected chi connectivity index (χ4v) is 4.16. The first kappa shape index (κ1) is 23.0. The van der Waals surface area contributed by atoms with Gasteiger partial charge in [-0.3, -0.25) is 9.59 Å². The number of rotatable bonds is 4. The van der Waals surface area contributed by atoms with Crippen LogP contribution >= 0.6 is 11.6 Å². The molecular weight excluding hydrogens is 459 g/mol. The number of hydrogen-bond donors (Lipinski definition) is 1. The highest BCUT2D eigenvalue weighted by atomic mass is 35.5. The first-order valence-electron chi connectivity index (χ1n) is 10.5.